The van der Waals surface area contributed by atoms with E-state index < -0.39 is 0 Å². The quantitative estimate of drug-likeness (QED) is 0.672. The first-order valence-electron chi connectivity index (χ1n) is 6.77. The van der Waals surface area contributed by atoms with E-state index in [1.165, 1.54) is 5.56 Å². The molecule has 0 aliphatic heterocycles. The molecule has 0 aliphatic rings. The molecule has 4 nitrogen and oxygen atoms in total. The molecule has 0 bridgehead atoms. The van der Waals surface area contributed by atoms with Gasteiger partial charge in [0.15, 0.2) is 11.5 Å². The van der Waals surface area contributed by atoms with Crippen molar-refractivity contribution in [2.75, 3.05) is 27.3 Å². The largest absolute Gasteiger partial charge is 0.493 e. The highest BCUT2D eigenvalue weighted by Crippen LogP contribution is 2.27. The first kappa shape index (κ1) is 15.8. The van der Waals surface area contributed by atoms with E-state index in [1.807, 2.05) is 19.1 Å². The SMILES string of the molecule is COc1ccc(CCCNCCC(C)O)cc1OC. The Labute approximate surface area is 115 Å². The summed E-state index contributed by atoms with van der Waals surface area (Å²) in [6, 6.07) is 6.03. The van der Waals surface area contributed by atoms with Gasteiger partial charge in [0.25, 0.3) is 0 Å². The van der Waals surface area contributed by atoms with Crippen molar-refractivity contribution in [2.45, 2.75) is 32.3 Å². The maximum absolute atomic E-state index is 9.13. The molecule has 1 aromatic carbocycles. The summed E-state index contributed by atoms with van der Waals surface area (Å²) in [4.78, 5) is 0. The van der Waals surface area contributed by atoms with Gasteiger partial charge >= 0.3 is 0 Å². The number of rotatable bonds is 9. The Morgan fingerprint density at radius 3 is 2.53 bits per heavy atom. The summed E-state index contributed by atoms with van der Waals surface area (Å²) in [7, 11) is 3.29. The third-order valence-electron chi connectivity index (χ3n) is 3.01. The monoisotopic (exact) mass is 267 g/mol. The van der Waals surface area contributed by atoms with Crippen LogP contribution in [0.5, 0.6) is 11.5 Å². The molecule has 0 radical (unpaired) electrons. The summed E-state index contributed by atoms with van der Waals surface area (Å²) in [5.41, 5.74) is 1.25. The third-order valence-corrected chi connectivity index (χ3v) is 3.01. The second-order valence-electron chi connectivity index (χ2n) is 4.68. The normalized spacial score (nSPS) is 12.2. The molecule has 0 heterocycles. The van der Waals surface area contributed by atoms with Crippen LogP contribution in [0, 0.1) is 0 Å². The van der Waals surface area contributed by atoms with Gasteiger partial charge in [-0.1, -0.05) is 6.07 Å². The van der Waals surface area contributed by atoms with Crippen molar-refractivity contribution in [3.8, 4) is 11.5 Å². The summed E-state index contributed by atoms with van der Waals surface area (Å²) in [5, 5.41) is 12.5. The number of aliphatic hydroxyl groups is 1. The highest BCUT2D eigenvalue weighted by molar-refractivity contribution is 5.42. The zero-order valence-corrected chi connectivity index (χ0v) is 12.1. The first-order chi connectivity index (χ1) is 9.17. The van der Waals surface area contributed by atoms with Crippen LogP contribution in [0.25, 0.3) is 0 Å². The van der Waals surface area contributed by atoms with Crippen LogP contribution in [-0.2, 0) is 6.42 Å². The Morgan fingerprint density at radius 2 is 1.89 bits per heavy atom. The molecule has 19 heavy (non-hydrogen) atoms. The molecule has 4 heteroatoms. The van der Waals surface area contributed by atoms with Gasteiger partial charge in [-0.05, 0) is 57.0 Å². The minimum absolute atomic E-state index is 0.224. The van der Waals surface area contributed by atoms with Gasteiger partial charge in [-0.2, -0.15) is 0 Å². The molecule has 108 valence electrons. The molecule has 1 unspecified atom stereocenters. The molecule has 0 saturated carbocycles. The summed E-state index contributed by atoms with van der Waals surface area (Å²) in [6.07, 6.45) is 2.64. The predicted molar refractivity (Wildman–Crippen MR) is 77.0 cm³/mol. The van der Waals surface area contributed by atoms with Gasteiger partial charge in [-0.3, -0.25) is 0 Å². The van der Waals surface area contributed by atoms with Gasteiger partial charge in [-0.15, -0.1) is 0 Å². The average Bonchev–Trinajstić information content (AvgIpc) is 2.42. The van der Waals surface area contributed by atoms with Gasteiger partial charge in [-0.25, -0.2) is 0 Å². The van der Waals surface area contributed by atoms with Crippen LogP contribution in [0.1, 0.15) is 25.3 Å². The Kier molecular flexibility index (Phi) is 7.30. The van der Waals surface area contributed by atoms with Gasteiger partial charge in [0, 0.05) is 0 Å². The van der Waals surface area contributed by atoms with E-state index in [4.69, 9.17) is 14.6 Å². The van der Waals surface area contributed by atoms with E-state index in [9.17, 15) is 0 Å². The van der Waals surface area contributed by atoms with Crippen molar-refractivity contribution in [1.82, 2.24) is 5.32 Å². The fraction of sp³-hybridized carbons (Fsp3) is 0.600. The van der Waals surface area contributed by atoms with Crippen LogP contribution in [0.3, 0.4) is 0 Å². The maximum atomic E-state index is 9.13. The van der Waals surface area contributed by atoms with Gasteiger partial charge in [0.1, 0.15) is 0 Å². The second kappa shape index (κ2) is 8.77. The van der Waals surface area contributed by atoms with Crippen molar-refractivity contribution in [3.63, 3.8) is 0 Å². The fourth-order valence-electron chi connectivity index (χ4n) is 1.89. The highest BCUT2D eigenvalue weighted by atomic mass is 16.5. The molecule has 1 aromatic rings. The maximum Gasteiger partial charge on any atom is 0.160 e. The predicted octanol–water partition coefficient (Wildman–Crippen LogP) is 2.00. The lowest BCUT2D eigenvalue weighted by Gasteiger charge is -2.10. The molecule has 0 aliphatic carbocycles. The number of methoxy groups -OCH3 is 2. The van der Waals surface area contributed by atoms with Gasteiger partial charge in [0.05, 0.1) is 20.3 Å². The summed E-state index contributed by atoms with van der Waals surface area (Å²) in [5.74, 6) is 1.54. The van der Waals surface area contributed by atoms with E-state index in [0.29, 0.717) is 0 Å². The molecule has 1 rings (SSSR count). The zero-order chi connectivity index (χ0) is 14.1. The topological polar surface area (TPSA) is 50.7 Å². The number of ether oxygens (including phenoxy) is 2. The van der Waals surface area contributed by atoms with E-state index >= 15 is 0 Å². The lowest BCUT2D eigenvalue weighted by Crippen LogP contribution is -2.20. The lowest BCUT2D eigenvalue weighted by atomic mass is 10.1. The highest BCUT2D eigenvalue weighted by Gasteiger charge is 2.04. The van der Waals surface area contributed by atoms with Gasteiger partial charge < -0.3 is 19.9 Å². The molecule has 2 N–H and O–H groups in total. The number of hydrogen-bond acceptors (Lipinski definition) is 4. The minimum Gasteiger partial charge on any atom is -0.493 e. The molecule has 0 fully saturated rings. The number of nitrogens with one attached hydrogen (secondary N) is 1. The first-order valence-corrected chi connectivity index (χ1v) is 6.77. The molecule has 0 saturated heterocycles. The Balaban J connectivity index is 2.29. The summed E-state index contributed by atoms with van der Waals surface area (Å²) in [6.45, 7) is 3.63. The van der Waals surface area contributed by atoms with Crippen LogP contribution in [-0.4, -0.2) is 38.5 Å². The third kappa shape index (κ3) is 5.94. The van der Waals surface area contributed by atoms with E-state index in [-0.39, 0.29) is 6.10 Å². The van der Waals surface area contributed by atoms with Crippen molar-refractivity contribution in [3.05, 3.63) is 23.8 Å². The average molecular weight is 267 g/mol. The Bertz CT molecular complexity index is 366. The molecular weight excluding hydrogens is 242 g/mol. The van der Waals surface area contributed by atoms with Crippen LogP contribution < -0.4 is 14.8 Å². The molecule has 1 atom stereocenters. The van der Waals surface area contributed by atoms with E-state index in [0.717, 1.165) is 43.9 Å². The summed E-state index contributed by atoms with van der Waals surface area (Å²) < 4.78 is 10.5. The molecule has 0 spiro atoms. The summed E-state index contributed by atoms with van der Waals surface area (Å²) >= 11 is 0. The molecular formula is C15H25NO3. The van der Waals surface area contributed by atoms with Crippen LogP contribution in [0.2, 0.25) is 0 Å². The standard InChI is InChI=1S/C15H25NO3/c1-12(17)8-10-16-9-4-5-13-6-7-14(18-2)15(11-13)19-3/h6-7,11-12,16-17H,4-5,8-10H2,1-3H3. The molecule has 0 aromatic heterocycles. The lowest BCUT2D eigenvalue weighted by molar-refractivity contribution is 0.184. The second-order valence-corrected chi connectivity index (χ2v) is 4.68. The fourth-order valence-corrected chi connectivity index (χ4v) is 1.89. The zero-order valence-electron chi connectivity index (χ0n) is 12.1. The Morgan fingerprint density at radius 1 is 1.16 bits per heavy atom. The van der Waals surface area contributed by atoms with E-state index in [1.54, 1.807) is 14.2 Å². The number of hydrogen-bond donors (Lipinski definition) is 2. The Hall–Kier alpha value is -1.26. The van der Waals surface area contributed by atoms with Gasteiger partial charge in [0.2, 0.25) is 0 Å². The van der Waals surface area contributed by atoms with Crippen LogP contribution in [0.15, 0.2) is 18.2 Å². The number of aliphatic hydroxyl groups excluding tert-OH is 1. The van der Waals surface area contributed by atoms with Crippen LogP contribution in [0.4, 0.5) is 0 Å². The minimum atomic E-state index is -0.224. The van der Waals surface area contributed by atoms with Crippen molar-refractivity contribution >= 4 is 0 Å². The van der Waals surface area contributed by atoms with Crippen molar-refractivity contribution in [1.29, 1.82) is 0 Å². The van der Waals surface area contributed by atoms with E-state index in [2.05, 4.69) is 11.4 Å². The number of benzene rings is 1. The van der Waals surface area contributed by atoms with Crippen LogP contribution >= 0.6 is 0 Å². The van der Waals surface area contributed by atoms with Crippen molar-refractivity contribution in [2.24, 2.45) is 0 Å². The molecule has 0 amide bonds. The van der Waals surface area contributed by atoms with Crippen molar-refractivity contribution < 1.29 is 14.6 Å². The number of aryl methyl sites for hydroxylation is 1. The smallest absolute Gasteiger partial charge is 0.160 e.